The molecule has 0 saturated heterocycles. The largest absolute Gasteiger partial charge is 0.500 e. The SMILES string of the molecule is CO[Si](CCCN(CCC[Si](OC)(OC)OC)S(=O)O)(OC)OC. The number of hydrogen-bond acceptors (Lipinski definition) is 7. The van der Waals surface area contributed by atoms with E-state index in [0.29, 0.717) is 38.0 Å². The maximum absolute atomic E-state index is 11.5. The van der Waals surface area contributed by atoms with Crippen LogP contribution in [-0.4, -0.2) is 86.4 Å². The summed E-state index contributed by atoms with van der Waals surface area (Å²) in [5, 5.41) is 0. The Labute approximate surface area is 149 Å². The molecule has 9 nitrogen and oxygen atoms in total. The number of nitrogens with zero attached hydrogens (tertiary/aromatic N) is 1. The maximum atomic E-state index is 11.5. The molecule has 0 bridgehead atoms. The summed E-state index contributed by atoms with van der Waals surface area (Å²) in [5.41, 5.74) is 0. The van der Waals surface area contributed by atoms with Gasteiger partial charge in [-0.15, -0.1) is 0 Å². The van der Waals surface area contributed by atoms with E-state index < -0.39 is 28.9 Å². The van der Waals surface area contributed by atoms with E-state index in [-0.39, 0.29) is 0 Å². The highest BCUT2D eigenvalue weighted by Gasteiger charge is 2.38. The second kappa shape index (κ2) is 12.6. The van der Waals surface area contributed by atoms with E-state index in [4.69, 9.17) is 26.6 Å². The molecule has 0 fully saturated rings. The lowest BCUT2D eigenvalue weighted by molar-refractivity contribution is 0.121. The molecule has 0 aliphatic rings. The molecule has 24 heavy (non-hydrogen) atoms. The quantitative estimate of drug-likeness (QED) is 0.318. The van der Waals surface area contributed by atoms with Gasteiger partial charge in [-0.25, -0.2) is 8.51 Å². The zero-order chi connectivity index (χ0) is 18.6. The van der Waals surface area contributed by atoms with Gasteiger partial charge in [-0.3, -0.25) is 4.55 Å². The van der Waals surface area contributed by atoms with Gasteiger partial charge in [0.15, 0.2) is 0 Å². The maximum Gasteiger partial charge on any atom is 0.500 e. The van der Waals surface area contributed by atoms with Gasteiger partial charge in [0.25, 0.3) is 0 Å². The third-order valence-corrected chi connectivity index (χ3v) is 10.3. The summed E-state index contributed by atoms with van der Waals surface area (Å²) >= 11 is -2.05. The molecule has 0 saturated carbocycles. The number of rotatable bonds is 15. The van der Waals surface area contributed by atoms with Gasteiger partial charge in [0.05, 0.1) is 0 Å². The Morgan fingerprint density at radius 3 is 1.25 bits per heavy atom. The van der Waals surface area contributed by atoms with Crippen molar-refractivity contribution in [3.63, 3.8) is 0 Å². The summed E-state index contributed by atoms with van der Waals surface area (Å²) < 4.78 is 54.5. The van der Waals surface area contributed by atoms with Crippen molar-refractivity contribution in [2.24, 2.45) is 0 Å². The van der Waals surface area contributed by atoms with Gasteiger partial charge in [-0.1, -0.05) is 0 Å². The molecule has 0 aromatic rings. The van der Waals surface area contributed by atoms with Crippen LogP contribution in [0.1, 0.15) is 12.8 Å². The van der Waals surface area contributed by atoms with Crippen LogP contribution in [0.15, 0.2) is 0 Å². The number of hydrogen-bond donors (Lipinski definition) is 1. The first-order valence-corrected chi connectivity index (χ1v) is 12.5. The predicted octanol–water partition coefficient (Wildman–Crippen LogP) is 0.962. The average molecular weight is 406 g/mol. The molecule has 0 rings (SSSR count). The van der Waals surface area contributed by atoms with Crippen LogP contribution < -0.4 is 0 Å². The topological polar surface area (TPSA) is 95.9 Å². The highest BCUT2D eigenvalue weighted by atomic mass is 32.2. The van der Waals surface area contributed by atoms with Crippen molar-refractivity contribution >= 4 is 28.9 Å². The van der Waals surface area contributed by atoms with Crippen molar-refractivity contribution in [1.29, 1.82) is 0 Å². The summed E-state index contributed by atoms with van der Waals surface area (Å²) in [6.45, 7) is 0.852. The van der Waals surface area contributed by atoms with E-state index in [1.54, 1.807) is 42.7 Å². The zero-order valence-electron chi connectivity index (χ0n) is 15.4. The molecule has 0 amide bonds. The molecule has 0 heterocycles. The van der Waals surface area contributed by atoms with Gasteiger partial charge < -0.3 is 26.6 Å². The molecular weight excluding hydrogens is 374 g/mol. The van der Waals surface area contributed by atoms with Gasteiger partial charge in [-0.05, 0) is 12.8 Å². The summed E-state index contributed by atoms with van der Waals surface area (Å²) in [4.78, 5) is 0. The molecule has 1 atom stereocenters. The second-order valence-electron chi connectivity index (χ2n) is 4.96. The second-order valence-corrected chi connectivity index (χ2v) is 12.1. The minimum absolute atomic E-state index is 0.426. The Kier molecular flexibility index (Phi) is 12.7. The monoisotopic (exact) mass is 405 g/mol. The Morgan fingerprint density at radius 2 is 1.04 bits per heavy atom. The molecule has 1 N–H and O–H groups in total. The van der Waals surface area contributed by atoms with E-state index in [1.807, 2.05) is 0 Å². The van der Waals surface area contributed by atoms with Gasteiger partial charge >= 0.3 is 17.6 Å². The highest BCUT2D eigenvalue weighted by molar-refractivity contribution is 7.76. The lowest BCUT2D eigenvalue weighted by atomic mass is 10.4. The van der Waals surface area contributed by atoms with Crippen LogP contribution in [0.2, 0.25) is 12.1 Å². The predicted molar refractivity (Wildman–Crippen MR) is 94.8 cm³/mol. The van der Waals surface area contributed by atoms with Crippen molar-refractivity contribution in [2.45, 2.75) is 24.9 Å². The normalized spacial score (nSPS) is 14.3. The van der Waals surface area contributed by atoms with Crippen molar-refractivity contribution in [3.05, 3.63) is 0 Å². The molecule has 0 aromatic carbocycles. The Morgan fingerprint density at radius 1 is 0.750 bits per heavy atom. The fourth-order valence-electron chi connectivity index (χ4n) is 2.32. The van der Waals surface area contributed by atoms with Crippen molar-refractivity contribution < 1.29 is 35.3 Å². The van der Waals surface area contributed by atoms with Crippen molar-refractivity contribution in [1.82, 2.24) is 4.31 Å². The molecule has 12 heteroatoms. The standard InChI is InChI=1S/C12H31NO8SSi2/c1-16-23(17-2,18-3)11-7-9-13(22(14)15)10-8-12-24(19-4,20-5)21-6/h7-12H2,1-6H3,(H,14,15). The van der Waals surface area contributed by atoms with Gasteiger partial charge in [-0.2, -0.15) is 0 Å². The fraction of sp³-hybridized carbons (Fsp3) is 1.00. The average Bonchev–Trinajstić information content (AvgIpc) is 2.61. The minimum Gasteiger partial charge on any atom is -0.377 e. The summed E-state index contributed by atoms with van der Waals surface area (Å²) in [6.07, 6.45) is 1.24. The molecule has 146 valence electrons. The Bertz CT molecular complexity index is 315. The molecule has 0 spiro atoms. The van der Waals surface area contributed by atoms with E-state index in [1.165, 1.54) is 4.31 Å². The van der Waals surface area contributed by atoms with E-state index in [2.05, 4.69) is 0 Å². The smallest absolute Gasteiger partial charge is 0.377 e. The molecule has 0 radical (unpaired) electrons. The van der Waals surface area contributed by atoms with Crippen LogP contribution >= 0.6 is 0 Å². The summed E-state index contributed by atoms with van der Waals surface area (Å²) in [6, 6.07) is 1.13. The van der Waals surface area contributed by atoms with Crippen LogP contribution in [-0.2, 0) is 37.8 Å². The van der Waals surface area contributed by atoms with Crippen molar-refractivity contribution in [3.8, 4) is 0 Å². The van der Waals surface area contributed by atoms with Gasteiger partial charge in [0.2, 0.25) is 11.3 Å². The highest BCUT2D eigenvalue weighted by Crippen LogP contribution is 2.18. The third kappa shape index (κ3) is 7.65. The van der Waals surface area contributed by atoms with Crippen LogP contribution in [0.4, 0.5) is 0 Å². The fourth-order valence-corrected chi connectivity index (χ4v) is 6.30. The Hall–Kier alpha value is 0.264. The van der Waals surface area contributed by atoms with E-state index in [0.717, 1.165) is 0 Å². The minimum atomic E-state index is -2.66. The van der Waals surface area contributed by atoms with Crippen molar-refractivity contribution in [2.75, 3.05) is 55.7 Å². The molecular formula is C12H31NO8SSi2. The summed E-state index contributed by atoms with van der Waals surface area (Å²) in [7, 11) is 3.97. The first kappa shape index (κ1) is 24.3. The van der Waals surface area contributed by atoms with Crippen LogP contribution in [0.3, 0.4) is 0 Å². The van der Waals surface area contributed by atoms with E-state index in [9.17, 15) is 8.76 Å². The van der Waals surface area contributed by atoms with Gasteiger partial charge in [0, 0.05) is 67.8 Å². The van der Waals surface area contributed by atoms with Crippen LogP contribution in [0, 0.1) is 0 Å². The zero-order valence-corrected chi connectivity index (χ0v) is 18.2. The van der Waals surface area contributed by atoms with Crippen LogP contribution in [0.5, 0.6) is 0 Å². The third-order valence-electron chi connectivity index (χ3n) is 3.87. The Balaban J connectivity index is 4.45. The lowest BCUT2D eigenvalue weighted by Gasteiger charge is -2.26. The first-order chi connectivity index (χ1) is 11.4. The van der Waals surface area contributed by atoms with Crippen LogP contribution in [0.25, 0.3) is 0 Å². The molecule has 1 unspecified atom stereocenters. The first-order valence-electron chi connectivity index (χ1n) is 7.55. The molecule has 0 aliphatic heterocycles. The molecule has 0 aromatic heterocycles. The van der Waals surface area contributed by atoms with Gasteiger partial charge in [0.1, 0.15) is 0 Å². The lowest BCUT2D eigenvalue weighted by Crippen LogP contribution is -2.44. The molecule has 0 aliphatic carbocycles. The summed E-state index contributed by atoms with van der Waals surface area (Å²) in [5.74, 6) is 0. The van der Waals surface area contributed by atoms with E-state index >= 15 is 0 Å².